The zero-order valence-electron chi connectivity index (χ0n) is 9.56. The highest BCUT2D eigenvalue weighted by molar-refractivity contribution is 8.01. The second-order valence-corrected chi connectivity index (χ2v) is 6.99. The number of nitrogen functional groups attached to an aromatic ring is 1. The second kappa shape index (κ2) is 5.21. The van der Waals surface area contributed by atoms with E-state index in [0.29, 0.717) is 15.7 Å². The van der Waals surface area contributed by atoms with Crippen molar-refractivity contribution in [2.75, 3.05) is 5.73 Å². The smallest absolute Gasteiger partial charge is 0.155 e. The summed E-state index contributed by atoms with van der Waals surface area (Å²) in [6.45, 7) is 0. The number of hydrogen-bond acceptors (Lipinski definition) is 4. The molecule has 0 amide bonds. The van der Waals surface area contributed by atoms with Crippen molar-refractivity contribution in [2.45, 2.75) is 9.24 Å². The molecule has 19 heavy (non-hydrogen) atoms. The van der Waals surface area contributed by atoms with Gasteiger partial charge in [-0.25, -0.2) is 4.98 Å². The molecule has 0 unspecified atom stereocenters. The molecule has 3 aromatic rings. The molecule has 0 saturated carbocycles. The van der Waals surface area contributed by atoms with E-state index >= 15 is 0 Å². The van der Waals surface area contributed by atoms with E-state index in [4.69, 9.17) is 28.9 Å². The van der Waals surface area contributed by atoms with Crippen LogP contribution in [0, 0.1) is 0 Å². The van der Waals surface area contributed by atoms with Gasteiger partial charge >= 0.3 is 0 Å². The van der Waals surface area contributed by atoms with Crippen LogP contribution in [0.2, 0.25) is 10.0 Å². The van der Waals surface area contributed by atoms with Gasteiger partial charge in [-0.1, -0.05) is 47.1 Å². The molecule has 0 fully saturated rings. The third-order valence-corrected chi connectivity index (χ3v) is 5.42. The minimum Gasteiger partial charge on any atom is -0.398 e. The second-order valence-electron chi connectivity index (χ2n) is 3.85. The van der Waals surface area contributed by atoms with Crippen molar-refractivity contribution in [3.05, 3.63) is 46.4 Å². The zero-order valence-corrected chi connectivity index (χ0v) is 12.7. The summed E-state index contributed by atoms with van der Waals surface area (Å²) in [5.41, 5.74) is 7.55. The topological polar surface area (TPSA) is 38.9 Å². The molecule has 2 nitrogen and oxygen atoms in total. The van der Waals surface area contributed by atoms with Crippen molar-refractivity contribution in [1.29, 1.82) is 0 Å². The number of rotatable bonds is 2. The number of hydrogen-bond donors (Lipinski definition) is 1. The Morgan fingerprint density at radius 3 is 2.63 bits per heavy atom. The van der Waals surface area contributed by atoms with Crippen LogP contribution in [0.1, 0.15) is 0 Å². The number of fused-ring (bicyclic) bond motifs is 1. The van der Waals surface area contributed by atoms with Crippen LogP contribution in [0.5, 0.6) is 0 Å². The molecular formula is C13H8Cl2N2S2. The number of para-hydroxylation sites is 1. The molecule has 1 aromatic heterocycles. The Balaban J connectivity index is 1.98. The number of thiazole rings is 1. The summed E-state index contributed by atoms with van der Waals surface area (Å²) in [4.78, 5) is 5.42. The fourth-order valence-corrected chi connectivity index (χ4v) is 4.11. The molecule has 6 heteroatoms. The quantitative estimate of drug-likeness (QED) is 0.646. The Kier molecular flexibility index (Phi) is 3.58. The van der Waals surface area contributed by atoms with Gasteiger partial charge in [-0.3, -0.25) is 0 Å². The number of anilines is 1. The summed E-state index contributed by atoms with van der Waals surface area (Å²) in [6.07, 6.45) is 0. The van der Waals surface area contributed by atoms with E-state index in [1.54, 1.807) is 23.5 Å². The van der Waals surface area contributed by atoms with Crippen molar-refractivity contribution < 1.29 is 0 Å². The Morgan fingerprint density at radius 2 is 1.84 bits per heavy atom. The predicted octanol–water partition coefficient (Wildman–Crippen LogP) is 5.34. The van der Waals surface area contributed by atoms with E-state index in [1.807, 2.05) is 18.2 Å². The molecule has 1 heterocycles. The first-order valence-electron chi connectivity index (χ1n) is 5.41. The van der Waals surface area contributed by atoms with E-state index in [0.717, 1.165) is 19.5 Å². The molecule has 0 aliphatic carbocycles. The molecule has 2 N–H and O–H groups in total. The average Bonchev–Trinajstić information content (AvgIpc) is 2.78. The van der Waals surface area contributed by atoms with Gasteiger partial charge in [-0.05, 0) is 24.3 Å². The SMILES string of the molecule is Nc1cc(Cl)c(Cl)cc1Sc1nc2ccccc2s1. The molecule has 96 valence electrons. The van der Waals surface area contributed by atoms with E-state index in [-0.39, 0.29) is 0 Å². The summed E-state index contributed by atoms with van der Waals surface area (Å²) < 4.78 is 2.09. The van der Waals surface area contributed by atoms with Gasteiger partial charge in [0.05, 0.1) is 20.3 Å². The van der Waals surface area contributed by atoms with Crippen LogP contribution in [-0.4, -0.2) is 4.98 Å². The molecule has 2 aromatic carbocycles. The first-order valence-corrected chi connectivity index (χ1v) is 7.80. The van der Waals surface area contributed by atoms with Crippen molar-refractivity contribution >= 4 is 62.2 Å². The van der Waals surface area contributed by atoms with E-state index in [2.05, 4.69) is 11.1 Å². The maximum Gasteiger partial charge on any atom is 0.155 e. The Labute approximate surface area is 128 Å². The highest BCUT2D eigenvalue weighted by atomic mass is 35.5. The Hall–Kier alpha value is -0.940. The van der Waals surface area contributed by atoms with Gasteiger partial charge < -0.3 is 5.73 Å². The van der Waals surface area contributed by atoms with Gasteiger partial charge in [0.2, 0.25) is 0 Å². The summed E-state index contributed by atoms with van der Waals surface area (Å²) in [5.74, 6) is 0. The number of benzene rings is 2. The molecule has 0 saturated heterocycles. The summed E-state index contributed by atoms with van der Waals surface area (Å²) in [7, 11) is 0. The normalized spacial score (nSPS) is 11.1. The third kappa shape index (κ3) is 2.67. The van der Waals surface area contributed by atoms with E-state index < -0.39 is 0 Å². The van der Waals surface area contributed by atoms with Crippen molar-refractivity contribution in [3.63, 3.8) is 0 Å². The monoisotopic (exact) mass is 326 g/mol. The molecule has 3 rings (SSSR count). The lowest BCUT2D eigenvalue weighted by atomic mass is 10.3. The molecule has 0 spiro atoms. The summed E-state index contributed by atoms with van der Waals surface area (Å²) >= 11 is 15.1. The Morgan fingerprint density at radius 1 is 1.11 bits per heavy atom. The van der Waals surface area contributed by atoms with Crippen LogP contribution >= 0.6 is 46.3 Å². The third-order valence-electron chi connectivity index (χ3n) is 2.52. The highest BCUT2D eigenvalue weighted by Crippen LogP contribution is 2.39. The van der Waals surface area contributed by atoms with E-state index in [1.165, 1.54) is 11.8 Å². The van der Waals surface area contributed by atoms with Gasteiger partial charge in [0.15, 0.2) is 4.34 Å². The minimum absolute atomic E-state index is 0.466. The van der Waals surface area contributed by atoms with Crippen molar-refractivity contribution in [1.82, 2.24) is 4.98 Å². The predicted molar refractivity (Wildman–Crippen MR) is 84.6 cm³/mol. The van der Waals surface area contributed by atoms with Crippen LogP contribution in [0.4, 0.5) is 5.69 Å². The number of nitrogens with zero attached hydrogens (tertiary/aromatic N) is 1. The molecule has 0 atom stereocenters. The van der Waals surface area contributed by atoms with E-state index in [9.17, 15) is 0 Å². The first-order chi connectivity index (χ1) is 9.13. The van der Waals surface area contributed by atoms with Gasteiger partial charge in [0.1, 0.15) is 0 Å². The fourth-order valence-electron chi connectivity index (χ4n) is 1.62. The molecular weight excluding hydrogens is 319 g/mol. The molecule has 0 radical (unpaired) electrons. The van der Waals surface area contributed by atoms with Gasteiger partial charge in [-0.15, -0.1) is 11.3 Å². The minimum atomic E-state index is 0.466. The van der Waals surface area contributed by atoms with Gasteiger partial charge in [0.25, 0.3) is 0 Å². The lowest BCUT2D eigenvalue weighted by molar-refractivity contribution is 1.29. The van der Waals surface area contributed by atoms with Crippen LogP contribution < -0.4 is 5.73 Å². The average molecular weight is 327 g/mol. The maximum absolute atomic E-state index is 6.01. The molecule has 0 aliphatic rings. The standard InChI is InChI=1S/C13H8Cl2N2S2/c14-7-5-9(16)12(6-8(7)15)19-13-17-10-3-1-2-4-11(10)18-13/h1-6H,16H2. The Bertz CT molecular complexity index is 722. The number of aromatic nitrogens is 1. The van der Waals surface area contributed by atoms with Crippen LogP contribution in [0.3, 0.4) is 0 Å². The van der Waals surface area contributed by atoms with Crippen molar-refractivity contribution in [3.8, 4) is 0 Å². The van der Waals surface area contributed by atoms with Crippen LogP contribution in [-0.2, 0) is 0 Å². The maximum atomic E-state index is 6.01. The summed E-state index contributed by atoms with van der Waals surface area (Å²) in [5, 5.41) is 0.965. The molecule has 0 aliphatic heterocycles. The van der Waals surface area contributed by atoms with Gasteiger partial charge in [0, 0.05) is 10.6 Å². The first kappa shape index (κ1) is 13.1. The fraction of sp³-hybridized carbons (Fsp3) is 0. The van der Waals surface area contributed by atoms with Crippen LogP contribution in [0.25, 0.3) is 10.2 Å². The molecule has 0 bridgehead atoms. The summed E-state index contributed by atoms with van der Waals surface area (Å²) in [6, 6.07) is 11.5. The van der Waals surface area contributed by atoms with Crippen LogP contribution in [0.15, 0.2) is 45.6 Å². The lowest BCUT2D eigenvalue weighted by Gasteiger charge is -2.05. The number of halogens is 2. The van der Waals surface area contributed by atoms with Crippen molar-refractivity contribution in [2.24, 2.45) is 0 Å². The lowest BCUT2D eigenvalue weighted by Crippen LogP contribution is -1.88. The number of nitrogens with two attached hydrogens (primary N) is 1. The largest absolute Gasteiger partial charge is 0.398 e. The van der Waals surface area contributed by atoms with Gasteiger partial charge in [-0.2, -0.15) is 0 Å². The zero-order chi connectivity index (χ0) is 13.4. The highest BCUT2D eigenvalue weighted by Gasteiger charge is 2.10.